The molecule has 9 nitrogen and oxygen atoms in total. The molecule has 1 N–H and O–H groups in total. The number of ether oxygens (including phenoxy) is 2. The zero-order valence-corrected chi connectivity index (χ0v) is 38.9. The number of unbranched alkanes of at least 4 members (excludes halogenated alkanes) is 20. The van der Waals surface area contributed by atoms with Crippen LogP contribution >= 0.6 is 7.82 Å². The van der Waals surface area contributed by atoms with E-state index in [1.54, 1.807) is 0 Å². The predicted octanol–water partition coefficient (Wildman–Crippen LogP) is 13.5. The molecule has 2 unspecified atom stereocenters. The third kappa shape index (κ3) is 43.5. The van der Waals surface area contributed by atoms with Crippen LogP contribution in [0.25, 0.3) is 0 Å². The van der Waals surface area contributed by atoms with Gasteiger partial charge >= 0.3 is 19.8 Å². The summed E-state index contributed by atoms with van der Waals surface area (Å²) in [5.41, 5.74) is 0. The second kappa shape index (κ2) is 40.4. The number of nitrogens with zero attached hydrogens (tertiary/aromatic N) is 1. The number of hydrogen-bond donors (Lipinski definition) is 1. The maximum absolute atomic E-state index is 12.7. The molecule has 0 aliphatic heterocycles. The van der Waals surface area contributed by atoms with Gasteiger partial charge in [-0.1, -0.05) is 152 Å². The molecule has 0 aromatic heterocycles. The number of carbonyl (C=O) groups excluding carboxylic acids is 2. The molecule has 0 radical (unpaired) electrons. The number of quaternary nitrogens is 1. The molecule has 58 heavy (non-hydrogen) atoms. The Labute approximate surface area is 356 Å². The number of esters is 2. The molecule has 0 amide bonds. The third-order valence-electron chi connectivity index (χ3n) is 9.83. The highest BCUT2D eigenvalue weighted by Crippen LogP contribution is 2.43. The van der Waals surface area contributed by atoms with Crippen molar-refractivity contribution in [2.45, 2.75) is 200 Å². The van der Waals surface area contributed by atoms with E-state index in [1.165, 1.54) is 70.6 Å². The second-order valence-electron chi connectivity index (χ2n) is 16.8. The van der Waals surface area contributed by atoms with Gasteiger partial charge in [0.1, 0.15) is 19.8 Å². The van der Waals surface area contributed by atoms with Crippen LogP contribution in [0.15, 0.2) is 48.6 Å². The number of phosphoric acid groups is 1. The molecule has 0 fully saturated rings. The van der Waals surface area contributed by atoms with Crippen molar-refractivity contribution in [1.82, 2.24) is 0 Å². The second-order valence-corrected chi connectivity index (χ2v) is 18.2. The van der Waals surface area contributed by atoms with E-state index < -0.39 is 26.5 Å². The summed E-state index contributed by atoms with van der Waals surface area (Å²) in [6.45, 7) is 4.37. The average Bonchev–Trinajstić information content (AvgIpc) is 3.17. The minimum Gasteiger partial charge on any atom is -0.462 e. The highest BCUT2D eigenvalue weighted by atomic mass is 31.2. The van der Waals surface area contributed by atoms with Crippen molar-refractivity contribution in [3.63, 3.8) is 0 Å². The molecule has 0 bridgehead atoms. The van der Waals surface area contributed by atoms with Gasteiger partial charge in [0.25, 0.3) is 0 Å². The van der Waals surface area contributed by atoms with Gasteiger partial charge in [0.15, 0.2) is 6.10 Å². The largest absolute Gasteiger partial charge is 0.472 e. The molecule has 0 saturated carbocycles. The van der Waals surface area contributed by atoms with Gasteiger partial charge in [-0.2, -0.15) is 0 Å². The lowest BCUT2D eigenvalue weighted by molar-refractivity contribution is -0.870. The van der Waals surface area contributed by atoms with Gasteiger partial charge in [-0.05, 0) is 77.0 Å². The van der Waals surface area contributed by atoms with Gasteiger partial charge in [0.2, 0.25) is 0 Å². The van der Waals surface area contributed by atoms with Crippen LogP contribution in [0.5, 0.6) is 0 Å². The highest BCUT2D eigenvalue weighted by molar-refractivity contribution is 7.47. The molecular weight excluding hydrogens is 750 g/mol. The predicted molar refractivity (Wildman–Crippen MR) is 243 cm³/mol. The standard InChI is InChI=1S/C48H88NO8P/c1-6-8-10-12-14-16-18-20-21-22-23-24-25-26-27-29-31-33-35-37-39-41-48(51)57-46(45-56-58(52,53)55-43-42-49(3,4)5)44-54-47(50)40-38-36-34-32-30-28-19-17-15-13-11-9-7-2/h17-20,22-23,25-26,46H,6-16,21,24,27-45H2,1-5H3/p+1/b19-17-,20-18-,23-22-,26-25-. The topological polar surface area (TPSA) is 108 Å². The molecule has 0 aromatic rings. The zero-order chi connectivity index (χ0) is 42.8. The van der Waals surface area contributed by atoms with Crippen LogP contribution in [-0.2, 0) is 32.7 Å². The minimum absolute atomic E-state index is 0.0263. The number of rotatable bonds is 42. The van der Waals surface area contributed by atoms with Crippen LogP contribution in [0.3, 0.4) is 0 Å². The first-order valence-electron chi connectivity index (χ1n) is 23.4. The third-order valence-corrected chi connectivity index (χ3v) is 10.8. The number of carbonyl (C=O) groups is 2. The lowest BCUT2D eigenvalue weighted by Crippen LogP contribution is -2.37. The van der Waals surface area contributed by atoms with Crippen LogP contribution in [0.1, 0.15) is 194 Å². The molecule has 0 rings (SSSR count). The van der Waals surface area contributed by atoms with Crippen molar-refractivity contribution in [3.05, 3.63) is 48.6 Å². The summed E-state index contributed by atoms with van der Waals surface area (Å²) >= 11 is 0. The molecule has 2 atom stereocenters. The Balaban J connectivity index is 4.35. The smallest absolute Gasteiger partial charge is 0.462 e. The van der Waals surface area contributed by atoms with E-state index in [-0.39, 0.29) is 32.0 Å². The Kier molecular flexibility index (Phi) is 39.0. The van der Waals surface area contributed by atoms with Gasteiger partial charge in [0, 0.05) is 12.8 Å². The Morgan fingerprint density at radius 1 is 0.534 bits per heavy atom. The van der Waals surface area contributed by atoms with E-state index >= 15 is 0 Å². The van der Waals surface area contributed by atoms with Crippen molar-refractivity contribution in [3.8, 4) is 0 Å². The summed E-state index contributed by atoms with van der Waals surface area (Å²) in [6, 6.07) is 0. The van der Waals surface area contributed by atoms with Crippen molar-refractivity contribution < 1.29 is 42.1 Å². The summed E-state index contributed by atoms with van der Waals surface area (Å²) in [6.07, 6.45) is 47.3. The van der Waals surface area contributed by atoms with Gasteiger partial charge in [0.05, 0.1) is 27.7 Å². The van der Waals surface area contributed by atoms with E-state index in [1.807, 2.05) is 21.1 Å². The monoisotopic (exact) mass is 839 g/mol. The quantitative estimate of drug-likeness (QED) is 0.0213. The van der Waals surface area contributed by atoms with E-state index in [0.717, 1.165) is 89.9 Å². The molecule has 0 spiro atoms. The van der Waals surface area contributed by atoms with Crippen LogP contribution in [0, 0.1) is 0 Å². The lowest BCUT2D eigenvalue weighted by atomic mass is 10.1. The first kappa shape index (κ1) is 56.0. The number of hydrogen-bond acceptors (Lipinski definition) is 7. The summed E-state index contributed by atoms with van der Waals surface area (Å²) in [7, 11) is 1.46. The maximum atomic E-state index is 12.7. The first-order chi connectivity index (χ1) is 28.0. The Morgan fingerprint density at radius 3 is 1.41 bits per heavy atom. The summed E-state index contributed by atoms with van der Waals surface area (Å²) in [4.78, 5) is 35.4. The van der Waals surface area contributed by atoms with Crippen molar-refractivity contribution in [2.75, 3.05) is 47.5 Å². The van der Waals surface area contributed by atoms with Gasteiger partial charge < -0.3 is 18.9 Å². The molecule has 0 aliphatic carbocycles. The fourth-order valence-corrected chi connectivity index (χ4v) is 6.87. The fourth-order valence-electron chi connectivity index (χ4n) is 6.13. The van der Waals surface area contributed by atoms with Gasteiger partial charge in [-0.15, -0.1) is 0 Å². The number of likely N-dealkylation sites (N-methyl/N-ethyl adjacent to an activating group) is 1. The van der Waals surface area contributed by atoms with E-state index in [0.29, 0.717) is 17.4 Å². The Bertz CT molecular complexity index is 1130. The summed E-state index contributed by atoms with van der Waals surface area (Å²) in [5, 5.41) is 0. The Morgan fingerprint density at radius 2 is 0.931 bits per heavy atom. The van der Waals surface area contributed by atoms with E-state index in [4.69, 9.17) is 18.5 Å². The molecule has 0 saturated heterocycles. The van der Waals surface area contributed by atoms with E-state index in [2.05, 4.69) is 62.5 Å². The van der Waals surface area contributed by atoms with Crippen molar-refractivity contribution in [1.29, 1.82) is 0 Å². The van der Waals surface area contributed by atoms with Crippen LogP contribution in [-0.4, -0.2) is 74.9 Å². The van der Waals surface area contributed by atoms with Crippen LogP contribution in [0.4, 0.5) is 0 Å². The van der Waals surface area contributed by atoms with Gasteiger partial charge in [-0.3, -0.25) is 18.6 Å². The van der Waals surface area contributed by atoms with Crippen molar-refractivity contribution >= 4 is 19.8 Å². The molecule has 10 heteroatoms. The molecular formula is C48H89NO8P+. The first-order valence-corrected chi connectivity index (χ1v) is 24.9. The lowest BCUT2D eigenvalue weighted by Gasteiger charge is -2.24. The minimum atomic E-state index is -4.38. The maximum Gasteiger partial charge on any atom is 0.472 e. The fraction of sp³-hybridized carbons (Fsp3) is 0.792. The van der Waals surface area contributed by atoms with Crippen LogP contribution < -0.4 is 0 Å². The zero-order valence-electron chi connectivity index (χ0n) is 38.0. The number of phosphoric ester groups is 1. The highest BCUT2D eigenvalue weighted by Gasteiger charge is 2.27. The molecule has 0 aromatic carbocycles. The van der Waals surface area contributed by atoms with Gasteiger partial charge in [-0.25, -0.2) is 4.57 Å². The van der Waals surface area contributed by atoms with E-state index in [9.17, 15) is 19.0 Å². The normalized spacial score (nSPS) is 14.0. The SMILES string of the molecule is CCCCCC/C=C\CCCCCCCC(=O)OCC(COP(=O)(O)OCC[N+](C)(C)C)OC(=O)CCCCCCCC/C=C\C/C=C\C/C=C\CCCCCCC. The van der Waals surface area contributed by atoms with Crippen LogP contribution in [0.2, 0.25) is 0 Å². The molecule has 0 heterocycles. The average molecular weight is 839 g/mol. The van der Waals surface area contributed by atoms with Crippen molar-refractivity contribution in [2.24, 2.45) is 0 Å². The summed E-state index contributed by atoms with van der Waals surface area (Å²) in [5.74, 6) is -0.824. The molecule has 338 valence electrons. The summed E-state index contributed by atoms with van der Waals surface area (Å²) < 4.78 is 34.3. The molecule has 0 aliphatic rings. The Hall–Kier alpha value is -2.03. The number of allylic oxidation sites excluding steroid dienone is 8.